The zero-order valence-electron chi connectivity index (χ0n) is 16.1. The minimum absolute atomic E-state index is 0.0258. The number of nitrogens with zero attached hydrogens (tertiary/aromatic N) is 5. The normalized spacial score (nSPS) is 14.5. The van der Waals surface area contributed by atoms with E-state index in [-0.39, 0.29) is 11.8 Å². The van der Waals surface area contributed by atoms with Crippen LogP contribution in [0.2, 0.25) is 0 Å². The Morgan fingerprint density at radius 2 is 1.86 bits per heavy atom. The third kappa shape index (κ3) is 4.80. The third-order valence-electron chi connectivity index (χ3n) is 4.97. The zero-order valence-corrected chi connectivity index (χ0v) is 16.1. The standard InChI is InChI=1S/C21H25N5O2/c1-3-20(27)24(2)19-6-4-17(5-7-19)21(28)26-14-12-25(13-15-26)11-8-18-16-22-9-10-23-18/h3-7,9-10,16H,1,8,11-15H2,2H3. The van der Waals surface area contributed by atoms with Crippen LogP contribution < -0.4 is 4.90 Å². The molecule has 1 fully saturated rings. The summed E-state index contributed by atoms with van der Waals surface area (Å²) in [5, 5.41) is 0. The van der Waals surface area contributed by atoms with Crippen molar-refractivity contribution >= 4 is 17.5 Å². The minimum atomic E-state index is -0.184. The lowest BCUT2D eigenvalue weighted by Gasteiger charge is -2.34. The van der Waals surface area contributed by atoms with Crippen molar-refractivity contribution in [3.05, 3.63) is 66.8 Å². The fraction of sp³-hybridized carbons (Fsp3) is 0.333. The van der Waals surface area contributed by atoms with Crippen molar-refractivity contribution in [3.63, 3.8) is 0 Å². The van der Waals surface area contributed by atoms with E-state index in [0.29, 0.717) is 18.7 Å². The van der Waals surface area contributed by atoms with Gasteiger partial charge in [-0.05, 0) is 30.3 Å². The fourth-order valence-corrected chi connectivity index (χ4v) is 3.18. The molecule has 0 N–H and O–H groups in total. The molecule has 7 nitrogen and oxygen atoms in total. The summed E-state index contributed by atoms with van der Waals surface area (Å²) in [5.74, 6) is -0.158. The van der Waals surface area contributed by atoms with Crippen molar-refractivity contribution in [2.45, 2.75) is 6.42 Å². The summed E-state index contributed by atoms with van der Waals surface area (Å²) in [4.78, 5) is 38.5. The Hall–Kier alpha value is -3.06. The van der Waals surface area contributed by atoms with Gasteiger partial charge >= 0.3 is 0 Å². The average Bonchev–Trinajstić information content (AvgIpc) is 2.77. The van der Waals surface area contributed by atoms with Crippen LogP contribution in [0.1, 0.15) is 16.1 Å². The number of amides is 2. The van der Waals surface area contributed by atoms with Crippen LogP contribution in [0.25, 0.3) is 0 Å². The van der Waals surface area contributed by atoms with Crippen molar-refractivity contribution in [1.82, 2.24) is 19.8 Å². The Bertz CT molecular complexity index is 814. The molecule has 2 heterocycles. The van der Waals surface area contributed by atoms with E-state index in [1.807, 2.05) is 4.90 Å². The van der Waals surface area contributed by atoms with Crippen LogP contribution in [-0.4, -0.2) is 71.4 Å². The van der Waals surface area contributed by atoms with E-state index in [1.165, 1.54) is 11.0 Å². The quantitative estimate of drug-likeness (QED) is 0.714. The second kappa shape index (κ2) is 9.23. The van der Waals surface area contributed by atoms with Crippen molar-refractivity contribution in [3.8, 4) is 0 Å². The van der Waals surface area contributed by atoms with Gasteiger partial charge in [-0.2, -0.15) is 0 Å². The van der Waals surface area contributed by atoms with Gasteiger partial charge < -0.3 is 9.80 Å². The lowest BCUT2D eigenvalue weighted by atomic mass is 10.1. The van der Waals surface area contributed by atoms with E-state index in [9.17, 15) is 9.59 Å². The summed E-state index contributed by atoms with van der Waals surface area (Å²) in [5.41, 5.74) is 2.35. The summed E-state index contributed by atoms with van der Waals surface area (Å²) in [6.07, 6.45) is 7.31. The Kier molecular flexibility index (Phi) is 6.49. The Labute approximate surface area is 165 Å². The molecular weight excluding hydrogens is 354 g/mol. The molecule has 0 bridgehead atoms. The van der Waals surface area contributed by atoms with Gasteiger partial charge in [0, 0.05) is 76.0 Å². The largest absolute Gasteiger partial charge is 0.336 e. The Morgan fingerprint density at radius 1 is 1.14 bits per heavy atom. The van der Waals surface area contributed by atoms with Crippen LogP contribution in [-0.2, 0) is 11.2 Å². The number of piperazine rings is 1. The van der Waals surface area contributed by atoms with Crippen LogP contribution in [0.4, 0.5) is 5.69 Å². The van der Waals surface area contributed by atoms with E-state index in [2.05, 4.69) is 21.4 Å². The maximum Gasteiger partial charge on any atom is 0.253 e. The number of hydrogen-bond acceptors (Lipinski definition) is 5. The van der Waals surface area contributed by atoms with Crippen LogP contribution in [0, 0.1) is 0 Å². The smallest absolute Gasteiger partial charge is 0.253 e. The fourth-order valence-electron chi connectivity index (χ4n) is 3.18. The molecule has 0 saturated carbocycles. The second-order valence-corrected chi connectivity index (χ2v) is 6.73. The van der Waals surface area contributed by atoms with Crippen molar-refractivity contribution < 1.29 is 9.59 Å². The predicted octanol–water partition coefficient (Wildman–Crippen LogP) is 1.63. The van der Waals surface area contributed by atoms with Gasteiger partial charge in [-0.15, -0.1) is 0 Å². The lowest BCUT2D eigenvalue weighted by Crippen LogP contribution is -2.49. The minimum Gasteiger partial charge on any atom is -0.336 e. The third-order valence-corrected chi connectivity index (χ3v) is 4.97. The Balaban J connectivity index is 1.50. The molecule has 3 rings (SSSR count). The maximum atomic E-state index is 12.7. The molecule has 1 aliphatic rings. The highest BCUT2D eigenvalue weighted by Crippen LogP contribution is 2.16. The summed E-state index contributed by atoms with van der Waals surface area (Å²) < 4.78 is 0. The number of carbonyl (C=O) groups excluding carboxylic acids is 2. The first-order chi connectivity index (χ1) is 13.6. The monoisotopic (exact) mass is 379 g/mol. The molecule has 2 aromatic rings. The zero-order chi connectivity index (χ0) is 19.9. The number of anilines is 1. The van der Waals surface area contributed by atoms with Gasteiger partial charge in [0.1, 0.15) is 0 Å². The lowest BCUT2D eigenvalue weighted by molar-refractivity contribution is -0.113. The molecule has 146 valence electrons. The van der Waals surface area contributed by atoms with E-state index >= 15 is 0 Å². The SMILES string of the molecule is C=CC(=O)N(C)c1ccc(C(=O)N2CCN(CCc3cnccn3)CC2)cc1. The highest BCUT2D eigenvalue weighted by atomic mass is 16.2. The molecular formula is C21H25N5O2. The maximum absolute atomic E-state index is 12.7. The highest BCUT2D eigenvalue weighted by molar-refractivity contribution is 6.01. The summed E-state index contributed by atoms with van der Waals surface area (Å²) in [6.45, 7) is 7.51. The Morgan fingerprint density at radius 3 is 2.46 bits per heavy atom. The molecule has 7 heteroatoms. The van der Waals surface area contributed by atoms with Crippen molar-refractivity contribution in [2.24, 2.45) is 0 Å². The molecule has 2 amide bonds. The molecule has 0 atom stereocenters. The molecule has 0 spiro atoms. The van der Waals surface area contributed by atoms with Gasteiger partial charge in [0.05, 0.1) is 5.69 Å². The van der Waals surface area contributed by atoms with Crippen LogP contribution in [0.3, 0.4) is 0 Å². The van der Waals surface area contributed by atoms with Crippen molar-refractivity contribution in [1.29, 1.82) is 0 Å². The van der Waals surface area contributed by atoms with Gasteiger partial charge in [-0.25, -0.2) is 0 Å². The summed E-state index contributed by atoms with van der Waals surface area (Å²) >= 11 is 0. The van der Waals surface area contributed by atoms with Crippen LogP contribution in [0.15, 0.2) is 55.5 Å². The van der Waals surface area contributed by atoms with E-state index < -0.39 is 0 Å². The first kappa shape index (κ1) is 19.7. The van der Waals surface area contributed by atoms with Gasteiger partial charge in [-0.1, -0.05) is 6.58 Å². The molecule has 0 radical (unpaired) electrons. The highest BCUT2D eigenvalue weighted by Gasteiger charge is 2.22. The number of hydrogen-bond donors (Lipinski definition) is 0. The molecule has 28 heavy (non-hydrogen) atoms. The molecule has 0 unspecified atom stereocenters. The van der Waals surface area contributed by atoms with Gasteiger partial charge in [0.25, 0.3) is 5.91 Å². The number of aromatic nitrogens is 2. The molecule has 1 aliphatic heterocycles. The first-order valence-electron chi connectivity index (χ1n) is 9.35. The van der Waals surface area contributed by atoms with Gasteiger partial charge in [0.2, 0.25) is 5.91 Å². The van der Waals surface area contributed by atoms with E-state index in [1.54, 1.807) is 49.9 Å². The first-order valence-corrected chi connectivity index (χ1v) is 9.35. The summed E-state index contributed by atoms with van der Waals surface area (Å²) in [7, 11) is 1.68. The number of likely N-dealkylation sites (N-methyl/N-ethyl adjacent to an activating group) is 1. The van der Waals surface area contributed by atoms with Crippen molar-refractivity contribution in [2.75, 3.05) is 44.7 Å². The molecule has 1 saturated heterocycles. The molecule has 1 aromatic carbocycles. The van der Waals surface area contributed by atoms with Gasteiger partial charge in [0.15, 0.2) is 0 Å². The average molecular weight is 379 g/mol. The van der Waals surface area contributed by atoms with Crippen LogP contribution >= 0.6 is 0 Å². The molecule has 1 aromatic heterocycles. The summed E-state index contributed by atoms with van der Waals surface area (Å²) in [6, 6.07) is 7.10. The number of rotatable bonds is 6. The van der Waals surface area contributed by atoms with Gasteiger partial charge in [-0.3, -0.25) is 24.5 Å². The van der Waals surface area contributed by atoms with E-state index in [4.69, 9.17) is 0 Å². The topological polar surface area (TPSA) is 69.6 Å². The van der Waals surface area contributed by atoms with Crippen LogP contribution in [0.5, 0.6) is 0 Å². The number of benzene rings is 1. The van der Waals surface area contributed by atoms with E-state index in [0.717, 1.165) is 37.4 Å². The second-order valence-electron chi connectivity index (χ2n) is 6.73. The predicted molar refractivity (Wildman–Crippen MR) is 108 cm³/mol. The molecule has 0 aliphatic carbocycles. The number of carbonyl (C=O) groups is 2.